The summed E-state index contributed by atoms with van der Waals surface area (Å²) in [5.41, 5.74) is 3.41. The van der Waals surface area contributed by atoms with Crippen LogP contribution in [-0.4, -0.2) is 51.9 Å². The lowest BCUT2D eigenvalue weighted by Crippen LogP contribution is -2.53. The van der Waals surface area contributed by atoms with Gasteiger partial charge < -0.3 is 20.3 Å². The fourth-order valence-electron chi connectivity index (χ4n) is 4.12. The maximum absolute atomic E-state index is 13.5. The van der Waals surface area contributed by atoms with Crippen molar-refractivity contribution in [2.45, 2.75) is 31.8 Å². The number of aromatic nitrogens is 1. The van der Waals surface area contributed by atoms with E-state index >= 15 is 0 Å². The summed E-state index contributed by atoms with van der Waals surface area (Å²) in [7, 11) is 1.59. The van der Waals surface area contributed by atoms with E-state index in [-0.39, 0.29) is 18.7 Å². The van der Waals surface area contributed by atoms with Gasteiger partial charge in [-0.25, -0.2) is 4.79 Å². The predicted molar refractivity (Wildman–Crippen MR) is 137 cm³/mol. The molecule has 0 fully saturated rings. The number of carbonyl (C=O) groups excluding carboxylic acids is 2. The fraction of sp³-hybridized carbons (Fsp3) is 0.222. The van der Waals surface area contributed by atoms with Crippen molar-refractivity contribution >= 4 is 40.0 Å². The smallest absolute Gasteiger partial charge is 0.326 e. The molecular weight excluding hydrogens is 462 g/mol. The van der Waals surface area contributed by atoms with E-state index in [0.717, 1.165) is 27.6 Å². The number of carbonyl (C=O) groups is 3. The second kappa shape index (κ2) is 10.6. The van der Waals surface area contributed by atoms with Gasteiger partial charge in [-0.2, -0.15) is 0 Å². The van der Waals surface area contributed by atoms with E-state index < -0.39 is 24.0 Å². The number of benzene rings is 2. The van der Waals surface area contributed by atoms with Gasteiger partial charge in [0.25, 0.3) is 5.91 Å². The Morgan fingerprint density at radius 1 is 1.03 bits per heavy atom. The number of aliphatic carboxylic acids is 1. The van der Waals surface area contributed by atoms with Crippen molar-refractivity contribution in [1.82, 2.24) is 15.2 Å². The summed E-state index contributed by atoms with van der Waals surface area (Å²) in [6.45, 7) is 1.85. The maximum atomic E-state index is 13.5. The summed E-state index contributed by atoms with van der Waals surface area (Å²) in [6, 6.07) is 16.8. The van der Waals surface area contributed by atoms with Crippen molar-refractivity contribution in [3.05, 3.63) is 93.8 Å². The molecule has 4 rings (SSSR count). The lowest BCUT2D eigenvalue weighted by atomic mass is 10.0. The highest BCUT2D eigenvalue weighted by atomic mass is 32.1. The van der Waals surface area contributed by atoms with Gasteiger partial charge in [0.15, 0.2) is 0 Å². The molecule has 0 spiro atoms. The van der Waals surface area contributed by atoms with E-state index in [9.17, 15) is 19.5 Å². The van der Waals surface area contributed by atoms with Crippen LogP contribution in [0.15, 0.2) is 72.2 Å². The minimum atomic E-state index is -1.15. The predicted octanol–water partition coefficient (Wildman–Crippen LogP) is 4.03. The Bertz CT molecular complexity index is 1340. The summed E-state index contributed by atoms with van der Waals surface area (Å²) in [4.78, 5) is 43.9. The third-order valence-corrected chi connectivity index (χ3v) is 7.14. The van der Waals surface area contributed by atoms with Crippen LogP contribution in [0.5, 0.6) is 0 Å². The standard InChI is InChI=1S/C27H27N3O4S/c1-17-12-13-35-24(17)26(32)30(2)23(14-18-8-4-3-5-9-18)25(31)29-22(27(33)34)15-19-16-28-21-11-7-6-10-20(19)21/h3-13,16,22-23,28H,14-15H2,1-2H3,(H,29,31)(H,33,34)/t22-,23-/m0/s1. The van der Waals surface area contributed by atoms with Crippen molar-refractivity contribution in [2.24, 2.45) is 0 Å². The number of rotatable bonds is 9. The number of thiophene rings is 1. The van der Waals surface area contributed by atoms with E-state index in [1.54, 1.807) is 13.2 Å². The molecule has 2 atom stereocenters. The van der Waals surface area contributed by atoms with Gasteiger partial charge >= 0.3 is 5.97 Å². The Hall–Kier alpha value is -3.91. The Morgan fingerprint density at radius 2 is 1.74 bits per heavy atom. The number of aryl methyl sites for hydroxylation is 1. The first-order valence-electron chi connectivity index (χ1n) is 11.3. The van der Waals surface area contributed by atoms with Crippen LogP contribution in [0.1, 0.15) is 26.4 Å². The van der Waals surface area contributed by atoms with Crippen LogP contribution in [-0.2, 0) is 22.4 Å². The van der Waals surface area contributed by atoms with Gasteiger partial charge in [-0.15, -0.1) is 11.3 Å². The van der Waals surface area contributed by atoms with Crippen LogP contribution in [0.4, 0.5) is 0 Å². The summed E-state index contributed by atoms with van der Waals surface area (Å²) in [5.74, 6) is -1.91. The molecule has 2 aromatic carbocycles. The number of likely N-dealkylation sites (N-methyl/N-ethyl adjacent to an activating group) is 1. The normalized spacial score (nSPS) is 12.7. The summed E-state index contributed by atoms with van der Waals surface area (Å²) in [5, 5.41) is 15.3. The highest BCUT2D eigenvalue weighted by Crippen LogP contribution is 2.21. The molecule has 2 aromatic heterocycles. The third-order valence-electron chi connectivity index (χ3n) is 6.13. The number of carboxylic acid groups (broad SMARTS) is 1. The lowest BCUT2D eigenvalue weighted by Gasteiger charge is -2.28. The SMILES string of the molecule is Cc1ccsc1C(=O)N(C)[C@@H](Cc1ccccc1)C(=O)N[C@@H](Cc1c[nH]c2ccccc12)C(=O)O. The molecule has 0 saturated heterocycles. The summed E-state index contributed by atoms with van der Waals surface area (Å²) < 4.78 is 0. The Labute approximate surface area is 207 Å². The van der Waals surface area contributed by atoms with Crippen LogP contribution in [0.3, 0.4) is 0 Å². The molecule has 3 N–H and O–H groups in total. The van der Waals surface area contributed by atoms with Gasteiger partial charge in [0.2, 0.25) is 5.91 Å². The second-order valence-electron chi connectivity index (χ2n) is 8.52. The molecule has 180 valence electrons. The zero-order valence-electron chi connectivity index (χ0n) is 19.5. The van der Waals surface area contributed by atoms with E-state index in [2.05, 4.69) is 10.3 Å². The topological polar surface area (TPSA) is 103 Å². The number of carboxylic acids is 1. The third kappa shape index (κ3) is 5.44. The minimum Gasteiger partial charge on any atom is -0.480 e. The van der Waals surface area contributed by atoms with Crippen LogP contribution >= 0.6 is 11.3 Å². The summed E-state index contributed by atoms with van der Waals surface area (Å²) in [6.07, 6.45) is 2.15. The zero-order valence-corrected chi connectivity index (χ0v) is 20.3. The van der Waals surface area contributed by atoms with Crippen LogP contribution < -0.4 is 5.32 Å². The van der Waals surface area contributed by atoms with Gasteiger partial charge in [0.1, 0.15) is 12.1 Å². The first kappa shape index (κ1) is 24.2. The molecule has 0 radical (unpaired) electrons. The molecule has 0 unspecified atom stereocenters. The minimum absolute atomic E-state index is 0.116. The van der Waals surface area contributed by atoms with E-state index in [4.69, 9.17) is 0 Å². The molecule has 0 aliphatic carbocycles. The van der Waals surface area contributed by atoms with E-state index in [1.807, 2.05) is 73.0 Å². The van der Waals surface area contributed by atoms with Gasteiger partial charge in [0, 0.05) is 37.0 Å². The first-order chi connectivity index (χ1) is 16.8. The lowest BCUT2D eigenvalue weighted by molar-refractivity contribution is -0.142. The van der Waals surface area contributed by atoms with Gasteiger partial charge in [0.05, 0.1) is 4.88 Å². The van der Waals surface area contributed by atoms with Gasteiger partial charge in [-0.1, -0.05) is 48.5 Å². The molecule has 0 aliphatic rings. The number of hydrogen-bond acceptors (Lipinski definition) is 4. The molecule has 35 heavy (non-hydrogen) atoms. The Balaban J connectivity index is 1.58. The van der Waals surface area contributed by atoms with Crippen molar-refractivity contribution < 1.29 is 19.5 Å². The zero-order chi connectivity index (χ0) is 24.9. The maximum Gasteiger partial charge on any atom is 0.326 e. The average Bonchev–Trinajstić information content (AvgIpc) is 3.47. The van der Waals surface area contributed by atoms with Crippen molar-refractivity contribution in [3.63, 3.8) is 0 Å². The highest BCUT2D eigenvalue weighted by Gasteiger charge is 2.32. The largest absolute Gasteiger partial charge is 0.480 e. The quantitative estimate of drug-likeness (QED) is 0.330. The molecule has 8 heteroatoms. The molecule has 0 saturated carbocycles. The number of hydrogen-bond donors (Lipinski definition) is 3. The monoisotopic (exact) mass is 489 g/mol. The molecule has 0 aliphatic heterocycles. The second-order valence-corrected chi connectivity index (χ2v) is 9.43. The van der Waals surface area contributed by atoms with Crippen LogP contribution in [0, 0.1) is 6.92 Å². The number of H-pyrrole nitrogens is 1. The number of nitrogens with one attached hydrogen (secondary N) is 2. The molecular formula is C27H27N3O4S. The average molecular weight is 490 g/mol. The van der Waals surface area contributed by atoms with Crippen molar-refractivity contribution in [1.29, 1.82) is 0 Å². The Morgan fingerprint density at radius 3 is 2.43 bits per heavy atom. The number of fused-ring (bicyclic) bond motifs is 1. The van der Waals surface area contributed by atoms with Crippen LogP contribution in [0.2, 0.25) is 0 Å². The van der Waals surface area contributed by atoms with E-state index in [1.165, 1.54) is 16.2 Å². The number of aromatic amines is 1. The molecule has 7 nitrogen and oxygen atoms in total. The molecule has 2 heterocycles. The van der Waals surface area contributed by atoms with Crippen molar-refractivity contribution in [3.8, 4) is 0 Å². The molecule has 0 bridgehead atoms. The van der Waals surface area contributed by atoms with Crippen LogP contribution in [0.25, 0.3) is 10.9 Å². The molecule has 2 amide bonds. The van der Waals surface area contributed by atoms with Crippen molar-refractivity contribution in [2.75, 3.05) is 7.05 Å². The number of para-hydroxylation sites is 1. The summed E-state index contributed by atoms with van der Waals surface area (Å²) >= 11 is 1.32. The Kier molecular flexibility index (Phi) is 7.31. The molecule has 4 aromatic rings. The highest BCUT2D eigenvalue weighted by molar-refractivity contribution is 7.12. The van der Waals surface area contributed by atoms with Gasteiger partial charge in [-0.05, 0) is 41.1 Å². The number of nitrogens with zero attached hydrogens (tertiary/aromatic N) is 1. The van der Waals surface area contributed by atoms with E-state index in [0.29, 0.717) is 4.88 Å². The first-order valence-corrected chi connectivity index (χ1v) is 12.2. The number of amides is 2. The fourth-order valence-corrected chi connectivity index (χ4v) is 5.03. The van der Waals surface area contributed by atoms with Gasteiger partial charge in [-0.3, -0.25) is 9.59 Å².